The fraction of sp³-hybridized carbons (Fsp3) is 0.375. The molecule has 2 aromatic rings. The van der Waals surface area contributed by atoms with Crippen molar-refractivity contribution < 1.29 is 4.42 Å². The smallest absolute Gasteiger partial charge is 0.117 e. The lowest BCUT2D eigenvalue weighted by molar-refractivity contribution is 0.231. The minimum Gasteiger partial charge on any atom is -0.468 e. The first-order chi connectivity index (χ1) is 9.38. The average Bonchev–Trinajstić information content (AvgIpc) is 2.93. The molecular formula is C16H22N2O. The SMILES string of the molecule is NCCCCN(Cc1ccccc1)Cc1ccco1. The summed E-state index contributed by atoms with van der Waals surface area (Å²) in [5.41, 5.74) is 6.90. The Kier molecular flexibility index (Phi) is 5.66. The quantitative estimate of drug-likeness (QED) is 0.740. The molecule has 2 N–H and O–H groups in total. The molecular weight excluding hydrogens is 236 g/mol. The van der Waals surface area contributed by atoms with Gasteiger partial charge in [-0.2, -0.15) is 0 Å². The maximum absolute atomic E-state index is 5.57. The third-order valence-corrected chi connectivity index (χ3v) is 3.14. The molecule has 102 valence electrons. The van der Waals surface area contributed by atoms with Crippen LogP contribution in [0.1, 0.15) is 24.2 Å². The highest BCUT2D eigenvalue weighted by atomic mass is 16.3. The van der Waals surface area contributed by atoms with Gasteiger partial charge in [0.25, 0.3) is 0 Å². The van der Waals surface area contributed by atoms with Gasteiger partial charge in [-0.05, 0) is 43.6 Å². The van der Waals surface area contributed by atoms with Crippen molar-refractivity contribution in [3.8, 4) is 0 Å². The van der Waals surface area contributed by atoms with E-state index in [2.05, 4.69) is 35.2 Å². The fourth-order valence-electron chi connectivity index (χ4n) is 2.16. The second-order valence-electron chi connectivity index (χ2n) is 4.77. The average molecular weight is 258 g/mol. The van der Waals surface area contributed by atoms with Crippen LogP contribution in [0.25, 0.3) is 0 Å². The minimum absolute atomic E-state index is 0.764. The molecule has 1 heterocycles. The van der Waals surface area contributed by atoms with Gasteiger partial charge in [0.05, 0.1) is 12.8 Å². The number of nitrogens with zero attached hydrogens (tertiary/aromatic N) is 1. The zero-order valence-electron chi connectivity index (χ0n) is 11.3. The van der Waals surface area contributed by atoms with Gasteiger partial charge in [-0.25, -0.2) is 0 Å². The topological polar surface area (TPSA) is 42.4 Å². The summed E-state index contributed by atoms with van der Waals surface area (Å²) in [7, 11) is 0. The van der Waals surface area contributed by atoms with E-state index in [1.54, 1.807) is 6.26 Å². The van der Waals surface area contributed by atoms with Crippen molar-refractivity contribution in [3.05, 3.63) is 60.1 Å². The Morgan fingerprint density at radius 1 is 0.947 bits per heavy atom. The van der Waals surface area contributed by atoms with Crippen molar-refractivity contribution in [1.82, 2.24) is 4.90 Å². The highest BCUT2D eigenvalue weighted by Gasteiger charge is 2.08. The molecule has 0 aliphatic heterocycles. The Labute approximate surface area is 115 Å². The predicted octanol–water partition coefficient (Wildman–Crippen LogP) is 3.02. The van der Waals surface area contributed by atoms with Crippen molar-refractivity contribution in [2.24, 2.45) is 5.73 Å². The zero-order chi connectivity index (χ0) is 13.3. The number of rotatable bonds is 8. The first kappa shape index (κ1) is 13.8. The Morgan fingerprint density at radius 3 is 2.47 bits per heavy atom. The largest absolute Gasteiger partial charge is 0.468 e. The van der Waals surface area contributed by atoms with Gasteiger partial charge in [0.2, 0.25) is 0 Å². The van der Waals surface area contributed by atoms with Gasteiger partial charge in [-0.15, -0.1) is 0 Å². The fourth-order valence-corrected chi connectivity index (χ4v) is 2.16. The summed E-state index contributed by atoms with van der Waals surface area (Å²) in [6, 6.07) is 14.5. The van der Waals surface area contributed by atoms with E-state index in [0.29, 0.717) is 0 Å². The number of furan rings is 1. The van der Waals surface area contributed by atoms with Crippen molar-refractivity contribution in [1.29, 1.82) is 0 Å². The van der Waals surface area contributed by atoms with Crippen molar-refractivity contribution in [2.45, 2.75) is 25.9 Å². The molecule has 0 aliphatic rings. The van der Waals surface area contributed by atoms with E-state index in [-0.39, 0.29) is 0 Å². The van der Waals surface area contributed by atoms with Crippen LogP contribution < -0.4 is 5.73 Å². The Hall–Kier alpha value is -1.58. The molecule has 0 saturated carbocycles. The monoisotopic (exact) mass is 258 g/mol. The molecule has 1 aromatic heterocycles. The highest BCUT2D eigenvalue weighted by molar-refractivity contribution is 5.14. The summed E-state index contributed by atoms with van der Waals surface area (Å²) >= 11 is 0. The van der Waals surface area contributed by atoms with Crippen molar-refractivity contribution in [2.75, 3.05) is 13.1 Å². The van der Waals surface area contributed by atoms with E-state index in [1.807, 2.05) is 12.1 Å². The standard InChI is InChI=1S/C16H22N2O/c17-10-4-5-11-18(14-16-9-6-12-19-16)13-15-7-2-1-3-8-15/h1-3,6-9,12H,4-5,10-11,13-14,17H2. The number of hydrogen-bond donors (Lipinski definition) is 1. The summed E-state index contributed by atoms with van der Waals surface area (Å²) in [6.07, 6.45) is 3.93. The molecule has 0 unspecified atom stereocenters. The van der Waals surface area contributed by atoms with Gasteiger partial charge in [0.1, 0.15) is 5.76 Å². The number of benzene rings is 1. The molecule has 19 heavy (non-hydrogen) atoms. The third kappa shape index (κ3) is 4.89. The van der Waals surface area contributed by atoms with Crippen molar-refractivity contribution >= 4 is 0 Å². The van der Waals surface area contributed by atoms with Crippen LogP contribution in [0.5, 0.6) is 0 Å². The zero-order valence-corrected chi connectivity index (χ0v) is 11.3. The molecule has 0 radical (unpaired) electrons. The lowest BCUT2D eigenvalue weighted by Crippen LogP contribution is -2.24. The number of nitrogens with two attached hydrogens (primary N) is 1. The van der Waals surface area contributed by atoms with Crippen LogP contribution >= 0.6 is 0 Å². The molecule has 0 atom stereocenters. The number of unbranched alkanes of at least 4 members (excludes halogenated alkanes) is 1. The first-order valence-corrected chi connectivity index (χ1v) is 6.87. The normalized spacial score (nSPS) is 11.1. The third-order valence-electron chi connectivity index (χ3n) is 3.14. The highest BCUT2D eigenvalue weighted by Crippen LogP contribution is 2.11. The second kappa shape index (κ2) is 7.77. The maximum atomic E-state index is 5.57. The van der Waals surface area contributed by atoms with Gasteiger partial charge in [-0.1, -0.05) is 30.3 Å². The summed E-state index contributed by atoms with van der Waals surface area (Å²) < 4.78 is 5.44. The van der Waals surface area contributed by atoms with E-state index >= 15 is 0 Å². The molecule has 2 rings (SSSR count). The Morgan fingerprint density at radius 2 is 1.79 bits per heavy atom. The van der Waals surface area contributed by atoms with E-state index in [4.69, 9.17) is 10.2 Å². The van der Waals surface area contributed by atoms with Crippen LogP contribution in [-0.2, 0) is 13.1 Å². The molecule has 0 spiro atoms. The summed E-state index contributed by atoms with van der Waals surface area (Å²) in [4.78, 5) is 2.41. The van der Waals surface area contributed by atoms with Gasteiger partial charge in [0, 0.05) is 6.54 Å². The van der Waals surface area contributed by atoms with Gasteiger partial charge in [0.15, 0.2) is 0 Å². The summed E-state index contributed by atoms with van der Waals surface area (Å²) in [5, 5.41) is 0. The second-order valence-corrected chi connectivity index (χ2v) is 4.77. The number of hydrogen-bond acceptors (Lipinski definition) is 3. The molecule has 0 aliphatic carbocycles. The minimum atomic E-state index is 0.764. The predicted molar refractivity (Wildman–Crippen MR) is 77.6 cm³/mol. The lowest BCUT2D eigenvalue weighted by atomic mass is 10.2. The van der Waals surface area contributed by atoms with Crippen LogP contribution in [0.4, 0.5) is 0 Å². The van der Waals surface area contributed by atoms with E-state index in [0.717, 1.165) is 44.8 Å². The maximum Gasteiger partial charge on any atom is 0.117 e. The van der Waals surface area contributed by atoms with E-state index in [1.165, 1.54) is 5.56 Å². The molecule has 3 nitrogen and oxygen atoms in total. The molecule has 0 bridgehead atoms. The molecule has 0 saturated heterocycles. The molecule has 0 fully saturated rings. The Balaban J connectivity index is 1.93. The van der Waals surface area contributed by atoms with Crippen LogP contribution in [0.3, 0.4) is 0 Å². The van der Waals surface area contributed by atoms with Crippen LogP contribution in [0, 0.1) is 0 Å². The van der Waals surface area contributed by atoms with Crippen LogP contribution in [0.2, 0.25) is 0 Å². The van der Waals surface area contributed by atoms with Gasteiger partial charge < -0.3 is 10.2 Å². The van der Waals surface area contributed by atoms with E-state index < -0.39 is 0 Å². The summed E-state index contributed by atoms with van der Waals surface area (Å²) in [5.74, 6) is 1.02. The van der Waals surface area contributed by atoms with Gasteiger partial charge in [-0.3, -0.25) is 4.90 Å². The lowest BCUT2D eigenvalue weighted by Gasteiger charge is -2.21. The summed E-state index contributed by atoms with van der Waals surface area (Å²) in [6.45, 7) is 3.62. The first-order valence-electron chi connectivity index (χ1n) is 6.87. The van der Waals surface area contributed by atoms with Crippen LogP contribution in [0.15, 0.2) is 53.1 Å². The Bertz CT molecular complexity index is 439. The van der Waals surface area contributed by atoms with Crippen molar-refractivity contribution in [3.63, 3.8) is 0 Å². The van der Waals surface area contributed by atoms with Gasteiger partial charge >= 0.3 is 0 Å². The molecule has 3 heteroatoms. The van der Waals surface area contributed by atoms with E-state index in [9.17, 15) is 0 Å². The molecule has 0 amide bonds. The van der Waals surface area contributed by atoms with Crippen LogP contribution in [-0.4, -0.2) is 18.0 Å². The molecule has 1 aromatic carbocycles.